The molecule has 0 atom stereocenters. The van der Waals surface area contributed by atoms with Crippen LogP contribution in [0.5, 0.6) is 5.75 Å². The van der Waals surface area contributed by atoms with Crippen molar-refractivity contribution in [3.8, 4) is 5.75 Å². The van der Waals surface area contributed by atoms with Gasteiger partial charge in [-0.25, -0.2) is 4.39 Å². The van der Waals surface area contributed by atoms with Crippen LogP contribution in [0.25, 0.3) is 0 Å². The number of rotatable bonds is 2. The second kappa shape index (κ2) is 3.63. The fourth-order valence-electron chi connectivity index (χ4n) is 0.910. The van der Waals surface area contributed by atoms with Gasteiger partial charge in [0, 0.05) is 0 Å². The average molecular weight is 186 g/mol. The minimum atomic E-state index is -0.446. The van der Waals surface area contributed by atoms with Gasteiger partial charge in [-0.1, -0.05) is 6.07 Å². The van der Waals surface area contributed by atoms with Gasteiger partial charge in [0.2, 0.25) is 0 Å². The molecule has 2 nitrogen and oxygen atoms in total. The highest BCUT2D eigenvalue weighted by Gasteiger charge is 2.10. The summed E-state index contributed by atoms with van der Waals surface area (Å²) in [5, 5.41) is 0.334. The third-order valence-corrected chi connectivity index (χ3v) is 2.12. The number of ether oxygens (including phenoxy) is 1. The summed E-state index contributed by atoms with van der Waals surface area (Å²) >= 11 is 0. The van der Waals surface area contributed by atoms with Crippen LogP contribution in [-0.2, 0) is 4.57 Å². The molecule has 1 aromatic carbocycles. The zero-order valence-corrected chi connectivity index (χ0v) is 7.69. The van der Waals surface area contributed by atoms with E-state index in [0.717, 1.165) is 0 Å². The molecule has 0 radical (unpaired) electrons. The van der Waals surface area contributed by atoms with Gasteiger partial charge in [-0.2, -0.15) is 0 Å². The van der Waals surface area contributed by atoms with Crippen LogP contribution in [0.1, 0.15) is 5.56 Å². The molecular weight excluding hydrogens is 178 g/mol. The van der Waals surface area contributed by atoms with Gasteiger partial charge < -0.3 is 4.74 Å². The Bertz CT molecular complexity index is 312. The summed E-state index contributed by atoms with van der Waals surface area (Å²) in [5.74, 6) is -0.384. The number of methoxy groups -OCH3 is 1. The Labute approximate surface area is 71.6 Å². The molecular formula is C8H8FO2P. The normalized spacial score (nSPS) is 10.2. The van der Waals surface area contributed by atoms with Crippen LogP contribution in [0.4, 0.5) is 4.39 Å². The Morgan fingerprint density at radius 2 is 2.17 bits per heavy atom. The number of halogens is 1. The second-order valence-corrected chi connectivity index (χ2v) is 3.00. The lowest BCUT2D eigenvalue weighted by Crippen LogP contribution is -2.03. The molecule has 0 aliphatic carbocycles. The molecule has 0 heterocycles. The van der Waals surface area contributed by atoms with E-state index in [4.69, 9.17) is 4.74 Å². The maximum absolute atomic E-state index is 13.2. The van der Waals surface area contributed by atoms with E-state index in [-0.39, 0.29) is 14.2 Å². The lowest BCUT2D eigenvalue weighted by atomic mass is 10.2. The van der Waals surface area contributed by atoms with Crippen molar-refractivity contribution in [2.75, 3.05) is 7.11 Å². The monoisotopic (exact) mass is 186 g/mol. The smallest absolute Gasteiger partial charge is 0.196 e. The fourth-order valence-corrected chi connectivity index (χ4v) is 1.32. The Hall–Kier alpha value is -0.950. The van der Waals surface area contributed by atoms with Crippen LogP contribution in [-0.4, -0.2) is 7.11 Å². The highest BCUT2D eigenvalue weighted by Crippen LogP contribution is 2.20. The van der Waals surface area contributed by atoms with Crippen molar-refractivity contribution in [1.29, 1.82) is 0 Å². The summed E-state index contributed by atoms with van der Waals surface area (Å²) in [6.07, 6.45) is 0. The number of hydrogen-bond donors (Lipinski definition) is 0. The quantitative estimate of drug-likeness (QED) is 0.661. The summed E-state index contributed by atoms with van der Waals surface area (Å²) in [4.78, 5) is 0. The first-order valence-electron chi connectivity index (χ1n) is 3.37. The zero-order chi connectivity index (χ0) is 9.14. The zero-order valence-electron chi connectivity index (χ0n) is 6.80. The fraction of sp³-hybridized carbons (Fsp3) is 0.250. The van der Waals surface area contributed by atoms with Gasteiger partial charge in [0.25, 0.3) is 0 Å². The molecule has 0 amide bonds. The summed E-state index contributed by atoms with van der Waals surface area (Å²) < 4.78 is 28.4. The standard InChI is InChI=1S/C8H8FO2P/c1-5-3-4-6(12-10)8(11-2)7(5)9/h3-4H,1-2H3. The minimum Gasteiger partial charge on any atom is -0.493 e. The molecule has 0 spiro atoms. The van der Waals surface area contributed by atoms with E-state index in [2.05, 4.69) is 0 Å². The molecule has 0 aliphatic rings. The Kier molecular flexibility index (Phi) is 2.77. The highest BCUT2D eigenvalue weighted by molar-refractivity contribution is 7.34. The van der Waals surface area contributed by atoms with Gasteiger partial charge in [0.05, 0.1) is 12.4 Å². The van der Waals surface area contributed by atoms with Gasteiger partial charge in [0.15, 0.2) is 20.0 Å². The van der Waals surface area contributed by atoms with Crippen LogP contribution in [0.3, 0.4) is 0 Å². The van der Waals surface area contributed by atoms with Crippen LogP contribution in [0, 0.1) is 12.7 Å². The van der Waals surface area contributed by atoms with Crippen LogP contribution < -0.4 is 10.0 Å². The largest absolute Gasteiger partial charge is 0.493 e. The van der Waals surface area contributed by atoms with Crippen molar-refractivity contribution in [1.82, 2.24) is 0 Å². The number of hydrogen-bond acceptors (Lipinski definition) is 2. The minimum absolute atomic E-state index is 0.0617. The summed E-state index contributed by atoms with van der Waals surface area (Å²) in [6, 6.07) is 3.14. The third kappa shape index (κ3) is 1.46. The molecule has 0 aromatic heterocycles. The second-order valence-electron chi connectivity index (χ2n) is 2.34. The van der Waals surface area contributed by atoms with Crippen molar-refractivity contribution in [2.24, 2.45) is 0 Å². The first-order chi connectivity index (χ1) is 5.70. The van der Waals surface area contributed by atoms with E-state index in [9.17, 15) is 8.96 Å². The van der Waals surface area contributed by atoms with Gasteiger partial charge in [0.1, 0.15) is 0 Å². The molecule has 0 saturated carbocycles. The molecule has 12 heavy (non-hydrogen) atoms. The molecule has 64 valence electrons. The van der Waals surface area contributed by atoms with Gasteiger partial charge in [-0.3, -0.25) is 4.57 Å². The van der Waals surface area contributed by atoms with Crippen LogP contribution in [0.2, 0.25) is 0 Å². The van der Waals surface area contributed by atoms with E-state index in [1.54, 1.807) is 19.1 Å². The van der Waals surface area contributed by atoms with E-state index in [0.29, 0.717) is 10.9 Å². The maximum atomic E-state index is 13.2. The molecule has 0 saturated heterocycles. The van der Waals surface area contributed by atoms with Crippen LogP contribution >= 0.6 is 8.46 Å². The molecule has 1 rings (SSSR count). The summed E-state index contributed by atoms with van der Waals surface area (Å²) in [6.45, 7) is 1.63. The molecule has 0 fully saturated rings. The van der Waals surface area contributed by atoms with Gasteiger partial charge >= 0.3 is 0 Å². The lowest BCUT2D eigenvalue weighted by Gasteiger charge is -2.05. The number of benzene rings is 1. The Balaban J connectivity index is 3.35. The van der Waals surface area contributed by atoms with E-state index >= 15 is 0 Å². The predicted molar refractivity (Wildman–Crippen MR) is 44.9 cm³/mol. The van der Waals surface area contributed by atoms with E-state index in [1.807, 2.05) is 0 Å². The molecule has 0 unspecified atom stereocenters. The van der Waals surface area contributed by atoms with E-state index in [1.165, 1.54) is 7.11 Å². The predicted octanol–water partition coefficient (Wildman–Crippen LogP) is 2.06. The maximum Gasteiger partial charge on any atom is 0.196 e. The molecule has 0 bridgehead atoms. The Morgan fingerprint density at radius 1 is 1.50 bits per heavy atom. The number of aryl methyl sites for hydroxylation is 1. The molecule has 1 aromatic rings. The highest BCUT2D eigenvalue weighted by atomic mass is 31.1. The van der Waals surface area contributed by atoms with Crippen molar-refractivity contribution in [3.05, 3.63) is 23.5 Å². The van der Waals surface area contributed by atoms with E-state index < -0.39 is 5.82 Å². The summed E-state index contributed by atoms with van der Waals surface area (Å²) in [7, 11) is 1.12. The summed E-state index contributed by atoms with van der Waals surface area (Å²) in [5.41, 5.74) is 0.485. The van der Waals surface area contributed by atoms with Crippen molar-refractivity contribution in [2.45, 2.75) is 6.92 Å². The molecule has 4 heteroatoms. The first kappa shape index (κ1) is 9.14. The Morgan fingerprint density at radius 3 is 2.67 bits per heavy atom. The SMILES string of the molecule is COc1c(P=O)ccc(C)c1F. The van der Waals surface area contributed by atoms with Gasteiger partial charge in [-0.15, -0.1) is 0 Å². The van der Waals surface area contributed by atoms with Crippen molar-refractivity contribution >= 4 is 13.8 Å². The van der Waals surface area contributed by atoms with Crippen LogP contribution in [0.15, 0.2) is 12.1 Å². The van der Waals surface area contributed by atoms with Crippen molar-refractivity contribution in [3.63, 3.8) is 0 Å². The van der Waals surface area contributed by atoms with Crippen molar-refractivity contribution < 1.29 is 13.7 Å². The topological polar surface area (TPSA) is 26.3 Å². The average Bonchev–Trinajstić information content (AvgIpc) is 2.09. The van der Waals surface area contributed by atoms with Gasteiger partial charge in [-0.05, 0) is 18.6 Å². The third-order valence-electron chi connectivity index (χ3n) is 1.57. The molecule has 0 aliphatic heterocycles. The first-order valence-corrected chi connectivity index (χ1v) is 4.18. The lowest BCUT2D eigenvalue weighted by molar-refractivity contribution is 0.388. The molecule has 0 N–H and O–H groups in total.